The van der Waals surface area contributed by atoms with Crippen LogP contribution in [0.25, 0.3) is 11.1 Å². The van der Waals surface area contributed by atoms with Gasteiger partial charge >= 0.3 is 6.09 Å². The van der Waals surface area contributed by atoms with E-state index in [0.717, 1.165) is 42.6 Å². The maximum absolute atomic E-state index is 12.7. The highest BCUT2D eigenvalue weighted by Crippen LogP contribution is 2.30. The Balaban J connectivity index is 1.42. The molecule has 3 N–H and O–H groups in total. The highest BCUT2D eigenvalue weighted by atomic mass is 35.5. The van der Waals surface area contributed by atoms with Crippen molar-refractivity contribution in [3.05, 3.63) is 82.9 Å². The van der Waals surface area contributed by atoms with Crippen molar-refractivity contribution in [1.82, 2.24) is 4.90 Å². The lowest BCUT2D eigenvalue weighted by molar-refractivity contribution is -0.116. The molecule has 37 heavy (non-hydrogen) atoms. The van der Waals surface area contributed by atoms with Crippen molar-refractivity contribution in [3.63, 3.8) is 0 Å². The Bertz CT molecular complexity index is 1230. The molecule has 0 unspecified atom stereocenters. The number of likely N-dealkylation sites (tertiary alicyclic amines) is 1. The number of aliphatic hydroxyl groups is 1. The second kappa shape index (κ2) is 12.7. The molecule has 0 bridgehead atoms. The molecule has 0 aliphatic carbocycles. The molecular weight excluding hydrogens is 490 g/mol. The van der Waals surface area contributed by atoms with Gasteiger partial charge in [0, 0.05) is 25.1 Å². The van der Waals surface area contributed by atoms with Gasteiger partial charge in [0.15, 0.2) is 0 Å². The third-order valence-corrected chi connectivity index (χ3v) is 6.79. The number of nitrogens with one attached hydrogen (secondary N) is 2. The molecule has 1 heterocycles. The quantitative estimate of drug-likeness (QED) is 0.353. The van der Waals surface area contributed by atoms with E-state index in [4.69, 9.17) is 16.3 Å². The maximum atomic E-state index is 12.7. The number of aryl methyl sites for hydroxylation is 1. The fraction of sp³-hybridized carbons (Fsp3) is 0.310. The van der Waals surface area contributed by atoms with Crippen LogP contribution in [0.5, 0.6) is 0 Å². The minimum absolute atomic E-state index is 0.0810. The van der Waals surface area contributed by atoms with Crippen LogP contribution in [0.4, 0.5) is 16.2 Å². The SMILES string of the molecule is CN1CCC(OC(=O)Nc2ccc(CCC(=O)Nc3ccc(CO)cc3Cl)cc2-c2ccccc2)CC1. The summed E-state index contributed by atoms with van der Waals surface area (Å²) in [5.74, 6) is -0.163. The van der Waals surface area contributed by atoms with Crippen LogP contribution in [-0.4, -0.2) is 48.2 Å². The van der Waals surface area contributed by atoms with Crippen molar-refractivity contribution in [2.24, 2.45) is 0 Å². The molecule has 0 saturated carbocycles. The number of carbonyl (C=O) groups excluding carboxylic acids is 2. The lowest BCUT2D eigenvalue weighted by atomic mass is 9.99. The Morgan fingerprint density at radius 2 is 1.68 bits per heavy atom. The second-order valence-electron chi connectivity index (χ2n) is 9.30. The third-order valence-electron chi connectivity index (χ3n) is 6.48. The van der Waals surface area contributed by atoms with E-state index < -0.39 is 6.09 Å². The van der Waals surface area contributed by atoms with Crippen LogP contribution in [-0.2, 0) is 22.6 Å². The van der Waals surface area contributed by atoms with Crippen LogP contribution >= 0.6 is 11.6 Å². The van der Waals surface area contributed by atoms with Crippen LogP contribution in [0.1, 0.15) is 30.4 Å². The molecule has 8 heteroatoms. The third kappa shape index (κ3) is 7.55. The smallest absolute Gasteiger partial charge is 0.411 e. The van der Waals surface area contributed by atoms with E-state index in [1.165, 1.54) is 0 Å². The lowest BCUT2D eigenvalue weighted by Crippen LogP contribution is -2.36. The van der Waals surface area contributed by atoms with Gasteiger partial charge in [-0.25, -0.2) is 4.79 Å². The fourth-order valence-electron chi connectivity index (χ4n) is 4.33. The molecule has 0 spiro atoms. The molecule has 4 rings (SSSR count). The van der Waals surface area contributed by atoms with E-state index in [2.05, 4.69) is 22.6 Å². The van der Waals surface area contributed by atoms with Crippen LogP contribution in [0.15, 0.2) is 66.7 Å². The molecule has 3 aromatic carbocycles. The van der Waals surface area contributed by atoms with E-state index in [-0.39, 0.29) is 25.0 Å². The molecule has 1 saturated heterocycles. The topological polar surface area (TPSA) is 90.9 Å². The number of ether oxygens (including phenoxy) is 1. The molecule has 0 atom stereocenters. The number of piperidine rings is 1. The summed E-state index contributed by atoms with van der Waals surface area (Å²) in [4.78, 5) is 27.5. The molecule has 0 radical (unpaired) electrons. The van der Waals surface area contributed by atoms with Crippen LogP contribution in [0.2, 0.25) is 5.02 Å². The zero-order valence-electron chi connectivity index (χ0n) is 20.9. The summed E-state index contributed by atoms with van der Waals surface area (Å²) < 4.78 is 5.67. The van der Waals surface area contributed by atoms with Gasteiger partial charge in [0.1, 0.15) is 6.10 Å². The first-order valence-electron chi connectivity index (χ1n) is 12.4. The number of hydrogen-bond acceptors (Lipinski definition) is 5. The van der Waals surface area contributed by atoms with Crippen molar-refractivity contribution < 1.29 is 19.4 Å². The van der Waals surface area contributed by atoms with Crippen LogP contribution < -0.4 is 10.6 Å². The summed E-state index contributed by atoms with van der Waals surface area (Å²) in [6.07, 6.45) is 1.89. The lowest BCUT2D eigenvalue weighted by Gasteiger charge is -2.28. The maximum Gasteiger partial charge on any atom is 0.411 e. The number of hydrogen-bond donors (Lipinski definition) is 3. The van der Waals surface area contributed by atoms with Gasteiger partial charge in [-0.05, 0) is 67.3 Å². The van der Waals surface area contributed by atoms with Gasteiger partial charge in [-0.15, -0.1) is 0 Å². The van der Waals surface area contributed by atoms with Gasteiger partial charge in [0.05, 0.1) is 23.0 Å². The number of anilines is 2. The minimum Gasteiger partial charge on any atom is -0.446 e. The average Bonchev–Trinajstić information content (AvgIpc) is 2.91. The van der Waals surface area contributed by atoms with Gasteiger partial charge in [-0.1, -0.05) is 54.1 Å². The summed E-state index contributed by atoms with van der Waals surface area (Å²) in [6.45, 7) is 1.71. The zero-order chi connectivity index (χ0) is 26.2. The molecule has 1 aliphatic rings. The number of carbonyl (C=O) groups is 2. The van der Waals surface area contributed by atoms with E-state index in [1.807, 2.05) is 48.5 Å². The Labute approximate surface area is 222 Å². The largest absolute Gasteiger partial charge is 0.446 e. The highest BCUT2D eigenvalue weighted by Gasteiger charge is 2.21. The predicted molar refractivity (Wildman–Crippen MR) is 147 cm³/mol. The molecule has 1 fully saturated rings. The van der Waals surface area contributed by atoms with E-state index >= 15 is 0 Å². The highest BCUT2D eigenvalue weighted by molar-refractivity contribution is 6.33. The number of nitrogens with zero attached hydrogens (tertiary/aromatic N) is 1. The number of benzene rings is 3. The first-order chi connectivity index (χ1) is 17.9. The summed E-state index contributed by atoms with van der Waals surface area (Å²) in [5, 5.41) is 15.4. The Morgan fingerprint density at radius 3 is 2.38 bits per heavy atom. The number of aliphatic hydroxyl groups excluding tert-OH is 1. The van der Waals surface area contributed by atoms with Crippen molar-refractivity contribution in [3.8, 4) is 11.1 Å². The van der Waals surface area contributed by atoms with E-state index in [0.29, 0.717) is 28.4 Å². The Kier molecular flexibility index (Phi) is 9.17. The Morgan fingerprint density at radius 1 is 0.973 bits per heavy atom. The fourth-order valence-corrected chi connectivity index (χ4v) is 4.59. The van der Waals surface area contributed by atoms with Crippen molar-refractivity contribution in [2.75, 3.05) is 30.8 Å². The summed E-state index contributed by atoms with van der Waals surface area (Å²) in [5.41, 5.74) is 4.63. The van der Waals surface area contributed by atoms with Crippen molar-refractivity contribution >= 4 is 35.0 Å². The summed E-state index contributed by atoms with van der Waals surface area (Å²) in [6, 6.07) is 20.6. The summed E-state index contributed by atoms with van der Waals surface area (Å²) in [7, 11) is 2.07. The number of rotatable bonds is 8. The second-order valence-corrected chi connectivity index (χ2v) is 9.71. The number of halogens is 1. The van der Waals surface area contributed by atoms with Gasteiger partial charge < -0.3 is 20.1 Å². The van der Waals surface area contributed by atoms with E-state index in [1.54, 1.807) is 18.2 Å². The van der Waals surface area contributed by atoms with Crippen molar-refractivity contribution in [2.45, 2.75) is 38.4 Å². The van der Waals surface area contributed by atoms with Crippen molar-refractivity contribution in [1.29, 1.82) is 0 Å². The monoisotopic (exact) mass is 521 g/mol. The molecule has 7 nitrogen and oxygen atoms in total. The Hall–Kier alpha value is -3.39. The average molecular weight is 522 g/mol. The molecule has 2 amide bonds. The van der Waals surface area contributed by atoms with Gasteiger partial charge in [0.2, 0.25) is 5.91 Å². The first kappa shape index (κ1) is 26.7. The molecular formula is C29H32ClN3O4. The molecule has 0 aromatic heterocycles. The first-order valence-corrected chi connectivity index (χ1v) is 12.8. The standard InChI is InChI=1S/C29H32ClN3O4/c1-33-15-13-23(14-16-33)37-29(36)32-26-10-7-20(17-24(26)22-5-3-2-4-6-22)9-12-28(35)31-27-11-8-21(19-34)18-25(27)30/h2-8,10-11,17-18,23,34H,9,12-16,19H2,1H3,(H,31,35)(H,32,36). The van der Waals surface area contributed by atoms with Gasteiger partial charge in [-0.2, -0.15) is 0 Å². The van der Waals surface area contributed by atoms with Crippen LogP contribution in [0.3, 0.4) is 0 Å². The van der Waals surface area contributed by atoms with Gasteiger partial charge in [0.25, 0.3) is 0 Å². The van der Waals surface area contributed by atoms with Gasteiger partial charge in [-0.3, -0.25) is 10.1 Å². The molecule has 3 aromatic rings. The number of amides is 2. The molecule has 194 valence electrons. The minimum atomic E-state index is -0.456. The molecule has 1 aliphatic heterocycles. The van der Waals surface area contributed by atoms with E-state index in [9.17, 15) is 14.7 Å². The van der Waals surface area contributed by atoms with Crippen LogP contribution in [0, 0.1) is 0 Å². The normalized spacial score (nSPS) is 14.2. The zero-order valence-corrected chi connectivity index (χ0v) is 21.6. The predicted octanol–water partition coefficient (Wildman–Crippen LogP) is 5.71. The summed E-state index contributed by atoms with van der Waals surface area (Å²) >= 11 is 6.21.